The van der Waals surface area contributed by atoms with Crippen molar-refractivity contribution in [2.24, 2.45) is 0 Å². The highest BCUT2D eigenvalue weighted by Gasteiger charge is 2.12. The molecule has 0 heterocycles. The lowest BCUT2D eigenvalue weighted by Crippen LogP contribution is -2.24. The minimum Gasteiger partial charge on any atom is -0.387 e. The molecule has 0 bridgehead atoms. The van der Waals surface area contributed by atoms with Crippen molar-refractivity contribution >= 4 is 0 Å². The number of rotatable bonds is 5. The number of nitrogens with one attached hydrogen (secondary N) is 1. The second-order valence-corrected chi connectivity index (χ2v) is 5.23. The van der Waals surface area contributed by atoms with Crippen molar-refractivity contribution < 1.29 is 13.9 Å². The van der Waals surface area contributed by atoms with Gasteiger partial charge >= 0.3 is 0 Å². The molecule has 0 aromatic heterocycles. The molecule has 2 atom stereocenters. The van der Waals surface area contributed by atoms with E-state index in [2.05, 4.69) is 5.32 Å². The molecule has 2 N–H and O–H groups in total. The third-order valence-corrected chi connectivity index (χ3v) is 3.52. The molecule has 0 aliphatic rings. The quantitative estimate of drug-likeness (QED) is 0.881. The molecule has 0 radical (unpaired) electrons. The maximum atomic E-state index is 13.1. The summed E-state index contributed by atoms with van der Waals surface area (Å²) in [4.78, 5) is 0. The summed E-state index contributed by atoms with van der Waals surface area (Å²) in [6.45, 7) is 4.28. The van der Waals surface area contributed by atoms with Crippen LogP contribution in [-0.4, -0.2) is 11.7 Å². The number of hydrogen-bond acceptors (Lipinski definition) is 2. The lowest BCUT2D eigenvalue weighted by molar-refractivity contribution is 0.170. The third kappa shape index (κ3) is 4.09. The molecule has 0 amide bonds. The molecule has 21 heavy (non-hydrogen) atoms. The fraction of sp³-hybridized carbons (Fsp3) is 0.294. The van der Waals surface area contributed by atoms with E-state index in [-0.39, 0.29) is 12.6 Å². The second-order valence-electron chi connectivity index (χ2n) is 5.23. The van der Waals surface area contributed by atoms with Crippen LogP contribution in [0.2, 0.25) is 0 Å². The Bertz CT molecular complexity index is 598. The second kappa shape index (κ2) is 6.78. The lowest BCUT2D eigenvalue weighted by Gasteiger charge is -2.18. The molecular formula is C17H19F2NO. The van der Waals surface area contributed by atoms with Gasteiger partial charge < -0.3 is 10.4 Å². The standard InChI is InChI=1S/C17H19F2NO/c1-11-3-5-13(6-4-11)12(2)20-10-17(21)14-7-8-15(18)16(19)9-14/h3-9,12,17,20-21H,10H2,1-2H3. The van der Waals surface area contributed by atoms with Crippen LogP contribution in [0.4, 0.5) is 8.78 Å². The van der Waals surface area contributed by atoms with Gasteiger partial charge in [0, 0.05) is 12.6 Å². The Morgan fingerprint density at radius 2 is 1.62 bits per heavy atom. The average Bonchev–Trinajstić information content (AvgIpc) is 2.48. The largest absolute Gasteiger partial charge is 0.387 e. The average molecular weight is 291 g/mol. The topological polar surface area (TPSA) is 32.3 Å². The summed E-state index contributed by atoms with van der Waals surface area (Å²) < 4.78 is 26.0. The molecule has 0 fully saturated rings. The van der Waals surface area contributed by atoms with Gasteiger partial charge in [0.25, 0.3) is 0 Å². The Hall–Kier alpha value is -1.78. The van der Waals surface area contributed by atoms with E-state index in [4.69, 9.17) is 0 Å². The van der Waals surface area contributed by atoms with Crippen molar-refractivity contribution in [1.82, 2.24) is 5.32 Å². The van der Waals surface area contributed by atoms with E-state index in [0.29, 0.717) is 5.56 Å². The summed E-state index contributed by atoms with van der Waals surface area (Å²) in [6, 6.07) is 11.6. The molecule has 2 aromatic carbocycles. The first kappa shape index (κ1) is 15.6. The van der Waals surface area contributed by atoms with Gasteiger partial charge in [-0.25, -0.2) is 8.78 Å². The van der Waals surface area contributed by atoms with Crippen LogP contribution in [0.15, 0.2) is 42.5 Å². The van der Waals surface area contributed by atoms with E-state index in [1.807, 2.05) is 38.1 Å². The van der Waals surface area contributed by atoms with Gasteiger partial charge in [-0.2, -0.15) is 0 Å². The highest BCUT2D eigenvalue weighted by atomic mass is 19.2. The van der Waals surface area contributed by atoms with Gasteiger partial charge in [-0.05, 0) is 37.1 Å². The van der Waals surface area contributed by atoms with Crippen molar-refractivity contribution in [3.63, 3.8) is 0 Å². The summed E-state index contributed by atoms with van der Waals surface area (Å²) in [6.07, 6.45) is -0.881. The minimum atomic E-state index is -0.946. The molecule has 112 valence electrons. The molecule has 0 aliphatic heterocycles. The zero-order valence-corrected chi connectivity index (χ0v) is 12.1. The molecular weight excluding hydrogens is 272 g/mol. The van der Waals surface area contributed by atoms with Crippen LogP contribution < -0.4 is 5.32 Å². The maximum Gasteiger partial charge on any atom is 0.159 e. The number of benzene rings is 2. The molecule has 0 saturated heterocycles. The van der Waals surface area contributed by atoms with Crippen molar-refractivity contribution in [3.8, 4) is 0 Å². The fourth-order valence-electron chi connectivity index (χ4n) is 2.10. The molecule has 2 aromatic rings. The molecule has 0 spiro atoms. The molecule has 0 aliphatic carbocycles. The molecule has 0 saturated carbocycles. The Morgan fingerprint density at radius 3 is 2.24 bits per heavy atom. The predicted molar refractivity (Wildman–Crippen MR) is 78.9 cm³/mol. The molecule has 2 nitrogen and oxygen atoms in total. The minimum absolute atomic E-state index is 0.0607. The van der Waals surface area contributed by atoms with Crippen molar-refractivity contribution in [2.75, 3.05) is 6.54 Å². The van der Waals surface area contributed by atoms with Crippen molar-refractivity contribution in [2.45, 2.75) is 26.0 Å². The monoisotopic (exact) mass is 291 g/mol. The highest BCUT2D eigenvalue weighted by Crippen LogP contribution is 2.18. The molecule has 4 heteroatoms. The first-order valence-corrected chi connectivity index (χ1v) is 6.90. The van der Waals surface area contributed by atoms with Gasteiger partial charge in [-0.3, -0.25) is 0 Å². The maximum absolute atomic E-state index is 13.1. The summed E-state index contributed by atoms with van der Waals surface area (Å²) in [5.74, 6) is -1.86. The van der Waals surface area contributed by atoms with E-state index in [0.717, 1.165) is 17.7 Å². The van der Waals surface area contributed by atoms with Crippen LogP contribution in [0.5, 0.6) is 0 Å². The first-order chi connectivity index (χ1) is 9.97. The van der Waals surface area contributed by atoms with E-state index in [1.54, 1.807) is 0 Å². The smallest absolute Gasteiger partial charge is 0.159 e. The summed E-state index contributed by atoms with van der Waals surface area (Å²) in [7, 11) is 0. The zero-order chi connectivity index (χ0) is 15.4. The zero-order valence-electron chi connectivity index (χ0n) is 12.1. The molecule has 2 unspecified atom stereocenters. The van der Waals surface area contributed by atoms with Gasteiger partial charge in [0.1, 0.15) is 0 Å². The summed E-state index contributed by atoms with van der Waals surface area (Å²) in [5.41, 5.74) is 2.66. The summed E-state index contributed by atoms with van der Waals surface area (Å²) in [5, 5.41) is 13.2. The van der Waals surface area contributed by atoms with Gasteiger partial charge in [0.2, 0.25) is 0 Å². The van der Waals surface area contributed by atoms with E-state index < -0.39 is 17.7 Å². The van der Waals surface area contributed by atoms with Crippen LogP contribution in [0.25, 0.3) is 0 Å². The van der Waals surface area contributed by atoms with Crippen molar-refractivity contribution in [1.29, 1.82) is 0 Å². The van der Waals surface area contributed by atoms with Crippen LogP contribution in [-0.2, 0) is 0 Å². The van der Waals surface area contributed by atoms with E-state index in [1.165, 1.54) is 11.6 Å². The number of hydrogen-bond donors (Lipinski definition) is 2. The fourth-order valence-corrected chi connectivity index (χ4v) is 2.10. The van der Waals surface area contributed by atoms with Gasteiger partial charge in [-0.15, -0.1) is 0 Å². The van der Waals surface area contributed by atoms with Gasteiger partial charge in [-0.1, -0.05) is 35.9 Å². The third-order valence-electron chi connectivity index (χ3n) is 3.52. The summed E-state index contributed by atoms with van der Waals surface area (Å²) >= 11 is 0. The number of aliphatic hydroxyl groups excluding tert-OH is 1. The highest BCUT2D eigenvalue weighted by molar-refractivity contribution is 5.24. The Balaban J connectivity index is 1.95. The normalized spacial score (nSPS) is 14.0. The van der Waals surface area contributed by atoms with Crippen LogP contribution in [0.1, 0.15) is 35.8 Å². The van der Waals surface area contributed by atoms with E-state index >= 15 is 0 Å². The van der Waals surface area contributed by atoms with Gasteiger partial charge in [0.05, 0.1) is 6.10 Å². The van der Waals surface area contributed by atoms with Crippen LogP contribution >= 0.6 is 0 Å². The number of halogens is 2. The lowest BCUT2D eigenvalue weighted by atomic mass is 10.1. The van der Waals surface area contributed by atoms with Crippen LogP contribution in [0, 0.1) is 18.6 Å². The predicted octanol–water partition coefficient (Wildman–Crippen LogP) is 3.66. The molecule has 2 rings (SSSR count). The van der Waals surface area contributed by atoms with Crippen molar-refractivity contribution in [3.05, 3.63) is 70.8 Å². The van der Waals surface area contributed by atoms with Crippen LogP contribution in [0.3, 0.4) is 0 Å². The van der Waals surface area contributed by atoms with Gasteiger partial charge in [0.15, 0.2) is 11.6 Å². The van der Waals surface area contributed by atoms with E-state index in [9.17, 15) is 13.9 Å². The Labute approximate surface area is 123 Å². The first-order valence-electron chi connectivity index (χ1n) is 6.90. The number of aryl methyl sites for hydroxylation is 1. The Kier molecular flexibility index (Phi) is 5.04. The SMILES string of the molecule is Cc1ccc(C(C)NCC(O)c2ccc(F)c(F)c2)cc1. The Morgan fingerprint density at radius 1 is 1.00 bits per heavy atom. The number of aliphatic hydroxyl groups is 1.